The van der Waals surface area contributed by atoms with Gasteiger partial charge in [0, 0.05) is 50.2 Å². The summed E-state index contributed by atoms with van der Waals surface area (Å²) in [7, 11) is 1.55. The van der Waals surface area contributed by atoms with Crippen molar-refractivity contribution in [2.24, 2.45) is 15.8 Å². The van der Waals surface area contributed by atoms with Crippen molar-refractivity contribution < 1.29 is 19.1 Å². The Labute approximate surface area is 315 Å². The fourth-order valence-corrected chi connectivity index (χ4v) is 5.05. The van der Waals surface area contributed by atoms with Gasteiger partial charge >= 0.3 is 0 Å². The Bertz CT molecular complexity index is 1800. The lowest BCUT2D eigenvalue weighted by atomic mass is 10.1. The molecule has 16 heteroatoms. The van der Waals surface area contributed by atoms with E-state index in [4.69, 9.17) is 26.7 Å². The molecule has 284 valence electrons. The Morgan fingerprint density at radius 2 is 1.74 bits per heavy atom. The number of rotatable bonds is 23. The zero-order valence-corrected chi connectivity index (χ0v) is 31.5. The molecule has 0 fully saturated rings. The van der Waals surface area contributed by atoms with Crippen molar-refractivity contribution in [1.82, 2.24) is 20.5 Å². The first kappa shape index (κ1) is 41.5. The van der Waals surface area contributed by atoms with Gasteiger partial charge in [0.15, 0.2) is 0 Å². The van der Waals surface area contributed by atoms with E-state index in [0.717, 1.165) is 24.4 Å². The van der Waals surface area contributed by atoms with Crippen LogP contribution >= 0.6 is 11.8 Å². The maximum atomic E-state index is 12.4. The zero-order chi connectivity index (χ0) is 38.4. The third-order valence-electron chi connectivity index (χ3n) is 7.20. The van der Waals surface area contributed by atoms with Crippen molar-refractivity contribution in [1.29, 1.82) is 0 Å². The smallest absolute Gasteiger partial charge is 0.251 e. The lowest BCUT2D eigenvalue weighted by Crippen LogP contribution is -2.18. The second kappa shape index (κ2) is 22.8. The molecule has 0 unspecified atom stereocenters. The molecular weight excluding hydrogens is 695 g/mol. The number of amides is 2. The third kappa shape index (κ3) is 14.3. The summed E-state index contributed by atoms with van der Waals surface area (Å²) in [5.74, 6) is 0.973. The van der Waals surface area contributed by atoms with Crippen LogP contribution in [0.15, 0.2) is 83.2 Å². The molecule has 10 N–H and O–H groups in total. The van der Waals surface area contributed by atoms with E-state index in [9.17, 15) is 9.59 Å². The topological polar surface area (TPSA) is 221 Å². The number of nitrogens with two attached hydrogens (primary N) is 3. The minimum Gasteiger partial charge on any atom is -0.491 e. The van der Waals surface area contributed by atoms with E-state index in [1.165, 1.54) is 0 Å². The summed E-state index contributed by atoms with van der Waals surface area (Å²) in [6.07, 6.45) is 19.0. The molecule has 2 amide bonds. The Morgan fingerprint density at radius 1 is 1.00 bits per heavy atom. The first-order valence-corrected chi connectivity index (χ1v) is 18.5. The second-order valence-corrected chi connectivity index (χ2v) is 12.3. The number of hydrogen-bond donors (Lipinski definition) is 7. The van der Waals surface area contributed by atoms with Gasteiger partial charge in [-0.05, 0) is 74.8 Å². The van der Waals surface area contributed by atoms with Gasteiger partial charge in [0.05, 0.1) is 42.1 Å². The SMILES string of the molecule is CCN/N=C(C)\C=C\C=Nc1cc(C(N)=O)cc(OCCCSC)c1NC/C=C/CNc1c(N)cc(C(=O)NC)cc1OC/C=C/Cn1cc(N)cn1. The number of carbonyl (C=O) groups excluding carboxylic acids is 2. The van der Waals surface area contributed by atoms with E-state index >= 15 is 0 Å². The molecule has 0 aliphatic rings. The molecule has 0 spiro atoms. The fraction of sp³-hybridized carbons (Fsp3) is 0.324. The molecule has 53 heavy (non-hydrogen) atoms. The molecular formula is C37H51N11O4S. The molecule has 1 heterocycles. The van der Waals surface area contributed by atoms with E-state index in [0.29, 0.717) is 71.7 Å². The third-order valence-corrected chi connectivity index (χ3v) is 7.89. The number of nitrogens with one attached hydrogen (secondary N) is 4. The van der Waals surface area contributed by atoms with Crippen molar-refractivity contribution in [2.75, 3.05) is 74.0 Å². The van der Waals surface area contributed by atoms with Gasteiger partial charge in [-0.3, -0.25) is 19.3 Å². The van der Waals surface area contributed by atoms with E-state index in [2.05, 4.69) is 36.6 Å². The Kier molecular flexibility index (Phi) is 17.9. The maximum absolute atomic E-state index is 12.4. The highest BCUT2D eigenvalue weighted by atomic mass is 32.2. The first-order chi connectivity index (χ1) is 25.7. The maximum Gasteiger partial charge on any atom is 0.251 e. The number of ether oxygens (including phenoxy) is 2. The van der Waals surface area contributed by atoms with Crippen LogP contribution in [0.1, 0.15) is 41.0 Å². The van der Waals surface area contributed by atoms with Gasteiger partial charge in [-0.1, -0.05) is 18.2 Å². The highest BCUT2D eigenvalue weighted by molar-refractivity contribution is 7.98. The lowest BCUT2D eigenvalue weighted by molar-refractivity contribution is 0.0961. The predicted molar refractivity (Wildman–Crippen MR) is 219 cm³/mol. The zero-order valence-electron chi connectivity index (χ0n) is 30.7. The fourth-order valence-electron chi connectivity index (χ4n) is 4.64. The summed E-state index contributed by atoms with van der Waals surface area (Å²) in [6, 6.07) is 6.51. The standard InChI is InChI=1S/C37H51N11O4S/c1-5-45-47-26(2)12-10-15-42-31-21-27(36(40)49)22-33(52-18-11-19-53-4)35(31)44-14-7-6-13-43-34-30(39)20-28(37(50)41-3)23-32(34)51-17-9-8-16-48-25-29(38)24-46-48/h6-10,12,15,20-25,43-45H,5,11,13-14,16-19,38-39H2,1-4H3,(H2,40,49)(H,41,50)/b7-6+,9-8+,12-10+,42-15?,47-26-. The van der Waals surface area contributed by atoms with Crippen LogP contribution in [-0.2, 0) is 6.54 Å². The molecule has 0 atom stereocenters. The highest BCUT2D eigenvalue weighted by Gasteiger charge is 2.15. The molecule has 15 nitrogen and oxygen atoms in total. The number of hydrogen-bond acceptors (Lipinski definition) is 13. The van der Waals surface area contributed by atoms with E-state index in [-0.39, 0.29) is 18.1 Å². The summed E-state index contributed by atoms with van der Waals surface area (Å²) >= 11 is 1.73. The summed E-state index contributed by atoms with van der Waals surface area (Å²) in [6.45, 7) is 6.60. The number of carbonyl (C=O) groups is 2. The lowest BCUT2D eigenvalue weighted by Gasteiger charge is -2.16. The van der Waals surface area contributed by atoms with Crippen LogP contribution in [0.4, 0.5) is 28.4 Å². The summed E-state index contributed by atoms with van der Waals surface area (Å²) in [5.41, 5.74) is 24.7. The molecule has 0 aliphatic heterocycles. The number of allylic oxidation sites excluding steroid dienone is 3. The average molecular weight is 746 g/mol. The number of hydrazone groups is 1. The number of nitrogen functional groups attached to an aromatic ring is 2. The number of aromatic nitrogens is 2. The van der Waals surface area contributed by atoms with Crippen LogP contribution in [0.5, 0.6) is 11.5 Å². The van der Waals surface area contributed by atoms with Crippen molar-refractivity contribution in [3.8, 4) is 11.5 Å². The van der Waals surface area contributed by atoms with Crippen LogP contribution in [0.2, 0.25) is 0 Å². The molecule has 0 saturated carbocycles. The minimum atomic E-state index is -0.584. The van der Waals surface area contributed by atoms with E-state index in [1.807, 2.05) is 50.5 Å². The van der Waals surface area contributed by atoms with Crippen LogP contribution in [0, 0.1) is 0 Å². The minimum absolute atomic E-state index is 0.238. The molecule has 0 radical (unpaired) electrons. The van der Waals surface area contributed by atoms with Crippen LogP contribution < -0.4 is 48.1 Å². The first-order valence-electron chi connectivity index (χ1n) is 17.1. The van der Waals surface area contributed by atoms with Crippen molar-refractivity contribution in [3.63, 3.8) is 0 Å². The largest absolute Gasteiger partial charge is 0.491 e. The summed E-state index contributed by atoms with van der Waals surface area (Å²) in [5, 5.41) is 17.7. The van der Waals surface area contributed by atoms with Gasteiger partial charge in [0.25, 0.3) is 5.91 Å². The van der Waals surface area contributed by atoms with E-state index < -0.39 is 5.91 Å². The number of thioether (sulfide) groups is 1. The van der Waals surface area contributed by atoms with E-state index in [1.54, 1.807) is 72.4 Å². The van der Waals surface area contributed by atoms with Gasteiger partial charge in [-0.2, -0.15) is 22.0 Å². The van der Waals surface area contributed by atoms with Crippen LogP contribution in [0.3, 0.4) is 0 Å². The van der Waals surface area contributed by atoms with Gasteiger partial charge < -0.3 is 48.1 Å². The highest BCUT2D eigenvalue weighted by Crippen LogP contribution is 2.37. The van der Waals surface area contributed by atoms with Gasteiger partial charge in [0.1, 0.15) is 29.5 Å². The monoisotopic (exact) mass is 745 g/mol. The Morgan fingerprint density at radius 3 is 2.42 bits per heavy atom. The number of benzene rings is 2. The van der Waals surface area contributed by atoms with Gasteiger partial charge in [0.2, 0.25) is 5.91 Å². The number of aliphatic imine (C=N–C) groups is 1. The van der Waals surface area contributed by atoms with Crippen molar-refractivity contribution >= 4 is 63.9 Å². The Balaban J connectivity index is 1.75. The number of anilines is 4. The van der Waals surface area contributed by atoms with Gasteiger partial charge in [-0.25, -0.2) is 0 Å². The number of primary amides is 1. The van der Waals surface area contributed by atoms with Gasteiger partial charge in [-0.15, -0.1) is 0 Å². The number of nitrogens with zero attached hydrogens (tertiary/aromatic N) is 4. The molecule has 3 rings (SSSR count). The molecule has 0 aliphatic carbocycles. The quantitative estimate of drug-likeness (QED) is 0.0234. The van der Waals surface area contributed by atoms with Crippen LogP contribution in [0.25, 0.3) is 0 Å². The van der Waals surface area contributed by atoms with Crippen molar-refractivity contribution in [3.05, 3.63) is 84.2 Å². The molecule has 1 aromatic heterocycles. The second-order valence-electron chi connectivity index (χ2n) is 11.4. The normalized spacial score (nSPS) is 11.9. The van der Waals surface area contributed by atoms with Crippen LogP contribution in [-0.4, -0.2) is 85.4 Å². The molecule has 0 bridgehead atoms. The average Bonchev–Trinajstić information content (AvgIpc) is 3.57. The van der Waals surface area contributed by atoms with Crippen molar-refractivity contribution in [2.45, 2.75) is 26.8 Å². The Hall–Kier alpha value is -5.90. The molecule has 2 aromatic carbocycles. The summed E-state index contributed by atoms with van der Waals surface area (Å²) in [4.78, 5) is 29.2. The predicted octanol–water partition coefficient (Wildman–Crippen LogP) is 4.60. The molecule has 0 saturated heterocycles. The summed E-state index contributed by atoms with van der Waals surface area (Å²) < 4.78 is 13.9. The molecule has 3 aromatic rings.